The van der Waals surface area contributed by atoms with Gasteiger partial charge in [0.1, 0.15) is 0 Å². The quantitative estimate of drug-likeness (QED) is 0.520. The summed E-state index contributed by atoms with van der Waals surface area (Å²) < 4.78 is 4.50. The molecule has 0 amide bonds. The number of carboxylic acids is 1. The number of ether oxygens (including phenoxy) is 1. The van der Waals surface area contributed by atoms with E-state index in [1.165, 1.54) is 7.11 Å². The molecule has 1 unspecified atom stereocenters. The van der Waals surface area contributed by atoms with Crippen LogP contribution in [-0.2, 0) is 14.3 Å². The van der Waals surface area contributed by atoms with Crippen LogP contribution in [0.25, 0.3) is 0 Å². The molecule has 0 radical (unpaired) electrons. The summed E-state index contributed by atoms with van der Waals surface area (Å²) in [6.45, 7) is 2.04. The summed E-state index contributed by atoms with van der Waals surface area (Å²) in [5, 5.41) is 8.64. The lowest BCUT2D eigenvalue weighted by Gasteiger charge is -2.07. The highest BCUT2D eigenvalue weighted by Gasteiger charge is 2.14. The number of allylic oxidation sites excluding steroid dienone is 2. The van der Waals surface area contributed by atoms with Gasteiger partial charge in [0.25, 0.3) is 0 Å². The van der Waals surface area contributed by atoms with E-state index in [9.17, 15) is 9.59 Å². The molecule has 86 valence electrons. The van der Waals surface area contributed by atoms with Gasteiger partial charge in [-0.2, -0.15) is 0 Å². The Hall–Kier alpha value is -1.32. The largest absolute Gasteiger partial charge is 0.481 e. The minimum Gasteiger partial charge on any atom is -0.481 e. The Labute approximate surface area is 89.9 Å². The number of carboxylic acid groups (broad SMARTS) is 1. The van der Waals surface area contributed by atoms with Gasteiger partial charge in [-0.1, -0.05) is 25.5 Å². The van der Waals surface area contributed by atoms with Crippen LogP contribution in [0.5, 0.6) is 0 Å². The molecule has 0 aliphatic heterocycles. The van der Waals surface area contributed by atoms with Crippen molar-refractivity contribution in [3.63, 3.8) is 0 Å². The minimum absolute atomic E-state index is 0.0324. The summed E-state index contributed by atoms with van der Waals surface area (Å²) in [7, 11) is 1.30. The zero-order chi connectivity index (χ0) is 11.7. The van der Waals surface area contributed by atoms with Crippen LogP contribution in [0.4, 0.5) is 0 Å². The van der Waals surface area contributed by atoms with Crippen LogP contribution in [0.3, 0.4) is 0 Å². The second-order valence-corrected chi connectivity index (χ2v) is 3.36. The highest BCUT2D eigenvalue weighted by Crippen LogP contribution is 2.12. The van der Waals surface area contributed by atoms with E-state index in [-0.39, 0.29) is 24.7 Å². The molecule has 15 heavy (non-hydrogen) atoms. The average Bonchev–Trinajstić information content (AvgIpc) is 2.17. The normalized spacial score (nSPS) is 12.7. The summed E-state index contributed by atoms with van der Waals surface area (Å²) in [4.78, 5) is 21.5. The van der Waals surface area contributed by atoms with Crippen LogP contribution >= 0.6 is 0 Å². The van der Waals surface area contributed by atoms with Crippen LogP contribution in [0, 0.1) is 5.92 Å². The van der Waals surface area contributed by atoms with Gasteiger partial charge in [0.2, 0.25) is 0 Å². The van der Waals surface area contributed by atoms with Gasteiger partial charge in [-0.3, -0.25) is 9.59 Å². The van der Waals surface area contributed by atoms with E-state index in [0.717, 1.165) is 12.8 Å². The standard InChI is InChI=1S/C11H18O4/c1-3-4-5-6-9(7-10(12)13)8-11(14)15-2/h5-6,9H,3-4,7-8H2,1-2H3,(H,12,13)/b6-5+. The van der Waals surface area contributed by atoms with Crippen LogP contribution < -0.4 is 0 Å². The minimum atomic E-state index is -0.898. The van der Waals surface area contributed by atoms with Crippen molar-refractivity contribution in [1.29, 1.82) is 0 Å². The molecule has 4 heteroatoms. The molecule has 0 bridgehead atoms. The van der Waals surface area contributed by atoms with E-state index in [1.54, 1.807) is 6.08 Å². The number of methoxy groups -OCH3 is 1. The lowest BCUT2D eigenvalue weighted by atomic mass is 10.0. The number of aliphatic carboxylic acids is 1. The molecule has 4 nitrogen and oxygen atoms in total. The van der Waals surface area contributed by atoms with Gasteiger partial charge in [-0.25, -0.2) is 0 Å². The molecule has 0 spiro atoms. The Bertz CT molecular complexity index is 233. The van der Waals surface area contributed by atoms with E-state index < -0.39 is 5.97 Å². The lowest BCUT2D eigenvalue weighted by molar-refractivity contribution is -0.142. The van der Waals surface area contributed by atoms with Gasteiger partial charge in [0.05, 0.1) is 20.0 Å². The van der Waals surface area contributed by atoms with Crippen molar-refractivity contribution in [1.82, 2.24) is 0 Å². The van der Waals surface area contributed by atoms with Crippen LogP contribution in [0.15, 0.2) is 12.2 Å². The smallest absolute Gasteiger partial charge is 0.306 e. The Kier molecular flexibility index (Phi) is 7.32. The summed E-state index contributed by atoms with van der Waals surface area (Å²) in [5.41, 5.74) is 0. The fraction of sp³-hybridized carbons (Fsp3) is 0.636. The predicted molar refractivity (Wildman–Crippen MR) is 56.4 cm³/mol. The van der Waals surface area contributed by atoms with Gasteiger partial charge >= 0.3 is 11.9 Å². The number of carbonyl (C=O) groups excluding carboxylic acids is 1. The zero-order valence-corrected chi connectivity index (χ0v) is 9.23. The molecule has 1 atom stereocenters. The van der Waals surface area contributed by atoms with Crippen LogP contribution in [0.2, 0.25) is 0 Å². The number of hydrogen-bond donors (Lipinski definition) is 1. The first-order valence-electron chi connectivity index (χ1n) is 5.05. The van der Waals surface area contributed by atoms with E-state index in [2.05, 4.69) is 4.74 Å². The highest BCUT2D eigenvalue weighted by molar-refractivity contribution is 5.72. The molecule has 0 fully saturated rings. The van der Waals surface area contributed by atoms with E-state index in [4.69, 9.17) is 5.11 Å². The van der Waals surface area contributed by atoms with E-state index in [1.807, 2.05) is 13.0 Å². The van der Waals surface area contributed by atoms with Gasteiger partial charge < -0.3 is 9.84 Å². The fourth-order valence-corrected chi connectivity index (χ4v) is 1.19. The first kappa shape index (κ1) is 13.7. The summed E-state index contributed by atoms with van der Waals surface area (Å²) in [5.74, 6) is -1.53. The summed E-state index contributed by atoms with van der Waals surface area (Å²) in [6.07, 6.45) is 5.70. The zero-order valence-electron chi connectivity index (χ0n) is 9.23. The molecule has 0 heterocycles. The first-order valence-corrected chi connectivity index (χ1v) is 5.05. The molecule has 1 N–H and O–H groups in total. The Morgan fingerprint density at radius 2 is 2.07 bits per heavy atom. The third-order valence-electron chi connectivity index (χ3n) is 1.96. The fourth-order valence-electron chi connectivity index (χ4n) is 1.19. The first-order chi connectivity index (χ1) is 7.10. The van der Waals surface area contributed by atoms with Gasteiger partial charge in [-0.05, 0) is 12.3 Å². The maximum Gasteiger partial charge on any atom is 0.306 e. The number of esters is 1. The summed E-state index contributed by atoms with van der Waals surface area (Å²) in [6, 6.07) is 0. The third kappa shape index (κ3) is 7.73. The van der Waals surface area contributed by atoms with Crippen molar-refractivity contribution in [2.24, 2.45) is 5.92 Å². The molecule has 0 aromatic rings. The molecule has 0 aliphatic rings. The topological polar surface area (TPSA) is 63.6 Å². The molecular weight excluding hydrogens is 196 g/mol. The van der Waals surface area contributed by atoms with Crippen molar-refractivity contribution >= 4 is 11.9 Å². The average molecular weight is 214 g/mol. The van der Waals surface area contributed by atoms with Crippen molar-refractivity contribution in [3.05, 3.63) is 12.2 Å². The second kappa shape index (κ2) is 8.03. The van der Waals surface area contributed by atoms with Crippen LogP contribution in [-0.4, -0.2) is 24.2 Å². The van der Waals surface area contributed by atoms with Crippen molar-refractivity contribution < 1.29 is 19.4 Å². The highest BCUT2D eigenvalue weighted by atomic mass is 16.5. The number of hydrogen-bond acceptors (Lipinski definition) is 3. The van der Waals surface area contributed by atoms with Gasteiger partial charge in [0.15, 0.2) is 0 Å². The Morgan fingerprint density at radius 3 is 2.53 bits per heavy atom. The SMILES string of the molecule is CCC/C=C/C(CC(=O)O)CC(=O)OC. The van der Waals surface area contributed by atoms with Gasteiger partial charge in [0, 0.05) is 0 Å². The van der Waals surface area contributed by atoms with E-state index >= 15 is 0 Å². The van der Waals surface area contributed by atoms with E-state index in [0.29, 0.717) is 0 Å². The van der Waals surface area contributed by atoms with Gasteiger partial charge in [-0.15, -0.1) is 0 Å². The second-order valence-electron chi connectivity index (χ2n) is 3.36. The molecule has 0 saturated heterocycles. The maximum absolute atomic E-state index is 11.0. The third-order valence-corrected chi connectivity index (χ3v) is 1.96. The van der Waals surface area contributed by atoms with Crippen molar-refractivity contribution in [2.75, 3.05) is 7.11 Å². The molecule has 0 saturated carbocycles. The molecule has 0 rings (SSSR count). The van der Waals surface area contributed by atoms with Crippen molar-refractivity contribution in [3.8, 4) is 0 Å². The van der Waals surface area contributed by atoms with Crippen molar-refractivity contribution in [2.45, 2.75) is 32.6 Å². The number of rotatable bonds is 7. The number of carbonyl (C=O) groups is 2. The number of unbranched alkanes of at least 4 members (excludes halogenated alkanes) is 1. The Morgan fingerprint density at radius 1 is 1.40 bits per heavy atom. The Balaban J connectivity index is 4.17. The molecule has 0 aliphatic carbocycles. The maximum atomic E-state index is 11.0. The molecular formula is C11H18O4. The predicted octanol–water partition coefficient (Wildman–Crippen LogP) is 2.00. The lowest BCUT2D eigenvalue weighted by Crippen LogP contribution is -2.12. The molecule has 0 aromatic heterocycles. The summed E-state index contributed by atoms with van der Waals surface area (Å²) >= 11 is 0. The van der Waals surface area contributed by atoms with Crippen LogP contribution in [0.1, 0.15) is 32.6 Å². The monoisotopic (exact) mass is 214 g/mol. The molecule has 0 aromatic carbocycles.